The summed E-state index contributed by atoms with van der Waals surface area (Å²) in [5.41, 5.74) is 9.95. The average Bonchev–Trinajstić information content (AvgIpc) is 3.79. The van der Waals surface area contributed by atoms with E-state index in [0.717, 1.165) is 50.0 Å². The number of anilines is 3. The van der Waals surface area contributed by atoms with Gasteiger partial charge in [0.05, 0.1) is 40.1 Å². The van der Waals surface area contributed by atoms with Crippen LogP contribution in [0.2, 0.25) is 0 Å². The van der Waals surface area contributed by atoms with Gasteiger partial charge in [0.2, 0.25) is 0 Å². The summed E-state index contributed by atoms with van der Waals surface area (Å²) in [6.07, 6.45) is 13.6. The molecule has 46 heavy (non-hydrogen) atoms. The number of carbonyl (C=O) groups is 2. The summed E-state index contributed by atoms with van der Waals surface area (Å²) in [4.78, 5) is 54.9. The van der Waals surface area contributed by atoms with Crippen molar-refractivity contribution < 1.29 is 14.5 Å². The summed E-state index contributed by atoms with van der Waals surface area (Å²) < 4.78 is 0. The van der Waals surface area contributed by atoms with Gasteiger partial charge in [0.1, 0.15) is 5.69 Å². The van der Waals surface area contributed by atoms with E-state index in [2.05, 4.69) is 30.6 Å². The first-order chi connectivity index (χ1) is 21.4. The first-order valence-electron chi connectivity index (χ1n) is 14.2. The second kappa shape index (κ2) is 16.4. The van der Waals surface area contributed by atoms with Crippen LogP contribution >= 0.6 is 0 Å². The predicted molar refractivity (Wildman–Crippen MR) is 179 cm³/mol. The SMILES string of the molecule is C.C.Nc1ccc(-c2cnccn2)cc1NC(=O)N1CCCC1.O=C(Nc1cc(-c2cnccn2)ccc1[N+](=O)[O-])N1CCCC1. The number of carbonyl (C=O) groups excluding carboxylic acids is 2. The number of nitro groups is 1. The van der Waals surface area contributed by atoms with Crippen LogP contribution in [0.25, 0.3) is 22.5 Å². The summed E-state index contributed by atoms with van der Waals surface area (Å²) in [5.74, 6) is 0. The molecule has 14 heteroatoms. The van der Waals surface area contributed by atoms with Crippen LogP contribution in [-0.2, 0) is 0 Å². The molecule has 6 rings (SSSR count). The van der Waals surface area contributed by atoms with Crippen LogP contribution < -0.4 is 16.4 Å². The number of amides is 4. The van der Waals surface area contributed by atoms with E-state index in [1.54, 1.807) is 65.2 Å². The Morgan fingerprint density at radius 1 is 0.717 bits per heavy atom. The number of nitrogens with zero attached hydrogens (tertiary/aromatic N) is 7. The van der Waals surface area contributed by atoms with Crippen molar-refractivity contribution >= 4 is 34.8 Å². The van der Waals surface area contributed by atoms with Gasteiger partial charge in [-0.2, -0.15) is 0 Å². The number of nitrogens with two attached hydrogens (primary N) is 1. The van der Waals surface area contributed by atoms with Crippen LogP contribution in [0.4, 0.5) is 32.3 Å². The van der Waals surface area contributed by atoms with Gasteiger partial charge in [0.25, 0.3) is 5.69 Å². The summed E-state index contributed by atoms with van der Waals surface area (Å²) in [6.45, 7) is 2.94. The van der Waals surface area contributed by atoms with Crippen LogP contribution in [0.5, 0.6) is 0 Å². The molecule has 2 aromatic carbocycles. The molecule has 2 fully saturated rings. The number of benzene rings is 2. The Kier molecular flexibility index (Phi) is 12.4. The van der Waals surface area contributed by atoms with Gasteiger partial charge in [-0.05, 0) is 49.9 Å². The van der Waals surface area contributed by atoms with E-state index in [-0.39, 0.29) is 38.3 Å². The molecule has 242 valence electrons. The molecule has 0 spiro atoms. The fourth-order valence-corrected chi connectivity index (χ4v) is 4.90. The van der Waals surface area contributed by atoms with E-state index in [0.29, 0.717) is 35.7 Å². The molecule has 0 bridgehead atoms. The Hall–Kier alpha value is -5.66. The van der Waals surface area contributed by atoms with Crippen molar-refractivity contribution in [2.45, 2.75) is 40.5 Å². The highest BCUT2D eigenvalue weighted by molar-refractivity contribution is 5.94. The van der Waals surface area contributed by atoms with Crippen molar-refractivity contribution in [3.63, 3.8) is 0 Å². The van der Waals surface area contributed by atoms with E-state index in [1.165, 1.54) is 6.07 Å². The third-order valence-corrected chi connectivity index (χ3v) is 7.23. The number of likely N-dealkylation sites (tertiary alicyclic amines) is 2. The highest BCUT2D eigenvalue weighted by atomic mass is 16.6. The lowest BCUT2D eigenvalue weighted by Crippen LogP contribution is -2.32. The van der Waals surface area contributed by atoms with E-state index in [9.17, 15) is 19.7 Å². The van der Waals surface area contributed by atoms with Gasteiger partial charge in [0.15, 0.2) is 0 Å². The van der Waals surface area contributed by atoms with Crippen molar-refractivity contribution in [3.05, 3.63) is 83.7 Å². The van der Waals surface area contributed by atoms with Crippen molar-refractivity contribution in [1.82, 2.24) is 29.7 Å². The molecule has 4 heterocycles. The monoisotopic (exact) mass is 628 g/mol. The summed E-state index contributed by atoms with van der Waals surface area (Å²) in [6, 6.07) is 9.55. The summed E-state index contributed by atoms with van der Waals surface area (Å²) >= 11 is 0. The third kappa shape index (κ3) is 8.71. The molecule has 2 saturated heterocycles. The van der Waals surface area contributed by atoms with Gasteiger partial charge in [-0.25, -0.2) is 9.59 Å². The van der Waals surface area contributed by atoms with Crippen LogP contribution in [0, 0.1) is 10.1 Å². The maximum absolute atomic E-state index is 12.2. The first kappa shape index (κ1) is 34.8. The topological polar surface area (TPSA) is 185 Å². The molecule has 0 aliphatic carbocycles. The molecule has 0 unspecified atom stereocenters. The van der Waals surface area contributed by atoms with E-state index >= 15 is 0 Å². The van der Waals surface area contributed by atoms with Crippen molar-refractivity contribution in [2.75, 3.05) is 42.5 Å². The molecule has 2 aromatic heterocycles. The smallest absolute Gasteiger partial charge is 0.322 e. The van der Waals surface area contributed by atoms with E-state index < -0.39 is 4.92 Å². The standard InChI is InChI=1S/C15H15N5O3.C15H17N5O.2CH4/c21-15(19-7-1-2-8-19)18-12-9-11(3-4-14(12)20(22)23)13-10-16-5-6-17-13;16-12-4-3-11(14-10-17-5-6-18-14)9-13(12)19-15(21)20-7-1-2-8-20;;/h3-6,9-10H,1-2,7-8H2,(H,18,21);3-6,9-10H,1-2,7-8,16H2,(H,19,21);2*1H4. The van der Waals surface area contributed by atoms with Crippen molar-refractivity contribution in [2.24, 2.45) is 0 Å². The maximum atomic E-state index is 12.2. The van der Waals surface area contributed by atoms with Gasteiger partial charge in [-0.1, -0.05) is 20.9 Å². The molecule has 0 radical (unpaired) electrons. The van der Waals surface area contributed by atoms with E-state index in [4.69, 9.17) is 5.73 Å². The Morgan fingerprint density at radius 2 is 1.17 bits per heavy atom. The lowest BCUT2D eigenvalue weighted by molar-refractivity contribution is -0.383. The Bertz CT molecular complexity index is 1610. The molecule has 4 amide bonds. The second-order valence-corrected chi connectivity index (χ2v) is 10.2. The molecule has 0 saturated carbocycles. The fraction of sp³-hybridized carbons (Fsp3) is 0.312. The summed E-state index contributed by atoms with van der Waals surface area (Å²) in [5, 5.41) is 16.7. The summed E-state index contributed by atoms with van der Waals surface area (Å²) in [7, 11) is 0. The number of aromatic nitrogens is 4. The molecule has 4 N–H and O–H groups in total. The lowest BCUT2D eigenvalue weighted by atomic mass is 10.1. The zero-order valence-electron chi connectivity index (χ0n) is 23.9. The molecule has 2 aliphatic rings. The molecular formula is C32H40N10O4. The minimum atomic E-state index is -0.514. The number of nitrogens with one attached hydrogen (secondary N) is 2. The lowest BCUT2D eigenvalue weighted by Gasteiger charge is -2.17. The largest absolute Gasteiger partial charge is 0.397 e. The Balaban J connectivity index is 0.000000241. The molecular weight excluding hydrogens is 588 g/mol. The molecule has 4 aromatic rings. The zero-order valence-corrected chi connectivity index (χ0v) is 23.9. The zero-order chi connectivity index (χ0) is 30.9. The van der Waals surface area contributed by atoms with Gasteiger partial charge in [-0.3, -0.25) is 30.1 Å². The van der Waals surface area contributed by atoms with Crippen molar-refractivity contribution in [3.8, 4) is 22.5 Å². The maximum Gasteiger partial charge on any atom is 0.322 e. The third-order valence-electron chi connectivity index (χ3n) is 7.23. The number of nitrogen functional groups attached to an aromatic ring is 1. The second-order valence-electron chi connectivity index (χ2n) is 10.2. The van der Waals surface area contributed by atoms with Gasteiger partial charge < -0.3 is 26.2 Å². The minimum Gasteiger partial charge on any atom is -0.397 e. The average molecular weight is 629 g/mol. The van der Waals surface area contributed by atoms with Gasteiger partial charge in [0, 0.05) is 68.2 Å². The van der Waals surface area contributed by atoms with Gasteiger partial charge in [-0.15, -0.1) is 0 Å². The molecule has 0 atom stereocenters. The highest BCUT2D eigenvalue weighted by Gasteiger charge is 2.23. The number of rotatable bonds is 5. The van der Waals surface area contributed by atoms with E-state index in [1.807, 2.05) is 12.1 Å². The number of urea groups is 2. The minimum absolute atomic E-state index is 0. The van der Waals surface area contributed by atoms with Crippen LogP contribution in [-0.4, -0.2) is 72.9 Å². The molecule has 2 aliphatic heterocycles. The Morgan fingerprint density at radius 3 is 1.63 bits per heavy atom. The normalized spacial score (nSPS) is 13.4. The highest BCUT2D eigenvalue weighted by Crippen LogP contribution is 2.30. The number of hydrogen-bond acceptors (Lipinski definition) is 9. The fourth-order valence-electron chi connectivity index (χ4n) is 4.90. The number of hydrogen-bond donors (Lipinski definition) is 3. The number of nitro benzene ring substituents is 1. The van der Waals surface area contributed by atoms with Gasteiger partial charge >= 0.3 is 12.1 Å². The first-order valence-corrected chi connectivity index (χ1v) is 14.2. The quantitative estimate of drug-likeness (QED) is 0.129. The van der Waals surface area contributed by atoms with Crippen molar-refractivity contribution in [1.29, 1.82) is 0 Å². The van der Waals surface area contributed by atoms with Crippen LogP contribution in [0.1, 0.15) is 40.5 Å². The van der Waals surface area contributed by atoms with Crippen LogP contribution in [0.15, 0.2) is 73.6 Å². The van der Waals surface area contributed by atoms with Crippen LogP contribution in [0.3, 0.4) is 0 Å². The molecule has 14 nitrogen and oxygen atoms in total. The Labute approximate surface area is 268 Å². The predicted octanol–water partition coefficient (Wildman–Crippen LogP) is 6.31.